The monoisotopic (exact) mass is 292 g/mol. The second kappa shape index (κ2) is 5.75. The smallest absolute Gasteiger partial charge is 0.242 e. The summed E-state index contributed by atoms with van der Waals surface area (Å²) in [7, 11) is -3.70. The molecule has 1 aromatic rings. The average molecular weight is 292 g/mol. The second-order valence-electron chi connectivity index (χ2n) is 4.14. The van der Waals surface area contributed by atoms with E-state index < -0.39 is 21.5 Å². The molecule has 7 heteroatoms. The lowest BCUT2D eigenvalue weighted by atomic mass is 10.2. The Bertz CT molecular complexity index is 687. The van der Waals surface area contributed by atoms with E-state index in [1.54, 1.807) is 18.2 Å². The first-order valence-electron chi connectivity index (χ1n) is 5.86. The van der Waals surface area contributed by atoms with Crippen LogP contribution >= 0.6 is 0 Å². The van der Waals surface area contributed by atoms with Crippen molar-refractivity contribution in [3.05, 3.63) is 41.8 Å². The highest BCUT2D eigenvalue weighted by atomic mass is 32.2. The van der Waals surface area contributed by atoms with Crippen molar-refractivity contribution in [2.24, 2.45) is 0 Å². The number of nitriles is 1. The molecule has 1 aromatic carbocycles. The van der Waals surface area contributed by atoms with E-state index in [1.165, 1.54) is 12.1 Å². The van der Waals surface area contributed by atoms with Crippen LogP contribution in [0.1, 0.15) is 6.42 Å². The first-order valence-corrected chi connectivity index (χ1v) is 7.52. The number of rotatable bonds is 4. The van der Waals surface area contributed by atoms with Gasteiger partial charge in [-0.25, -0.2) is 8.42 Å². The molecule has 1 N–H and O–H groups in total. The van der Waals surface area contributed by atoms with E-state index in [-0.39, 0.29) is 10.8 Å². The summed E-state index contributed by atoms with van der Waals surface area (Å²) in [6.07, 6.45) is 0.414. The number of benzene rings is 1. The summed E-state index contributed by atoms with van der Waals surface area (Å²) in [6.45, 7) is 0.309. The Balaban J connectivity index is 2.08. The Morgan fingerprint density at radius 1 is 1.35 bits per heavy atom. The predicted molar refractivity (Wildman–Crippen MR) is 69.8 cm³/mol. The number of sulfone groups is 1. The van der Waals surface area contributed by atoms with E-state index in [0.29, 0.717) is 18.6 Å². The van der Waals surface area contributed by atoms with Crippen molar-refractivity contribution in [3.8, 4) is 6.07 Å². The molecule has 0 aliphatic carbocycles. The van der Waals surface area contributed by atoms with E-state index in [0.717, 1.165) is 0 Å². The number of hydrogen-bond acceptors (Lipinski definition) is 5. The number of nitrogens with zero attached hydrogens (tertiary/aromatic N) is 1. The SMILES string of the molecule is N#CC1=C(NC(=O)CS(=O)(=O)c2ccccc2)OCC1. The van der Waals surface area contributed by atoms with Crippen molar-refractivity contribution in [2.45, 2.75) is 11.3 Å². The Morgan fingerprint density at radius 3 is 2.70 bits per heavy atom. The minimum Gasteiger partial charge on any atom is -0.478 e. The lowest BCUT2D eigenvalue weighted by molar-refractivity contribution is -0.118. The van der Waals surface area contributed by atoms with Crippen molar-refractivity contribution in [1.82, 2.24) is 5.32 Å². The lowest BCUT2D eigenvalue weighted by Crippen LogP contribution is -2.30. The van der Waals surface area contributed by atoms with Crippen LogP contribution in [-0.2, 0) is 19.4 Å². The van der Waals surface area contributed by atoms with Gasteiger partial charge in [-0.3, -0.25) is 10.1 Å². The van der Waals surface area contributed by atoms with E-state index >= 15 is 0 Å². The fraction of sp³-hybridized carbons (Fsp3) is 0.231. The highest BCUT2D eigenvalue weighted by Crippen LogP contribution is 2.16. The molecule has 20 heavy (non-hydrogen) atoms. The molecule has 2 rings (SSSR count). The van der Waals surface area contributed by atoms with Gasteiger partial charge in [-0.15, -0.1) is 0 Å². The maximum atomic E-state index is 12.0. The van der Waals surface area contributed by atoms with Gasteiger partial charge in [0.15, 0.2) is 9.84 Å². The highest BCUT2D eigenvalue weighted by Gasteiger charge is 2.23. The van der Waals surface area contributed by atoms with Gasteiger partial charge in [0.1, 0.15) is 11.8 Å². The topological polar surface area (TPSA) is 96.3 Å². The van der Waals surface area contributed by atoms with Crippen LogP contribution in [-0.4, -0.2) is 26.7 Å². The molecule has 0 saturated carbocycles. The van der Waals surface area contributed by atoms with Crippen LogP contribution in [0.5, 0.6) is 0 Å². The number of carbonyl (C=O) groups excluding carboxylic acids is 1. The van der Waals surface area contributed by atoms with Gasteiger partial charge < -0.3 is 4.74 Å². The maximum absolute atomic E-state index is 12.0. The number of hydrogen-bond donors (Lipinski definition) is 1. The zero-order chi connectivity index (χ0) is 14.6. The quantitative estimate of drug-likeness (QED) is 0.882. The van der Waals surface area contributed by atoms with Gasteiger partial charge in [-0.2, -0.15) is 5.26 Å². The molecule has 1 aliphatic rings. The van der Waals surface area contributed by atoms with Crippen LogP contribution < -0.4 is 5.32 Å². The number of carbonyl (C=O) groups is 1. The van der Waals surface area contributed by atoms with Gasteiger partial charge in [-0.1, -0.05) is 18.2 Å². The van der Waals surface area contributed by atoms with Crippen LogP contribution in [0.25, 0.3) is 0 Å². The van der Waals surface area contributed by atoms with Gasteiger partial charge in [0.2, 0.25) is 11.8 Å². The van der Waals surface area contributed by atoms with E-state index in [4.69, 9.17) is 10.00 Å². The third kappa shape index (κ3) is 3.16. The van der Waals surface area contributed by atoms with Crippen LogP contribution in [0.15, 0.2) is 46.7 Å². The standard InChI is InChI=1S/C13H12N2O4S/c14-8-10-6-7-19-13(10)15-12(16)9-20(17,18)11-4-2-1-3-5-11/h1-5H,6-7,9H2,(H,15,16). The van der Waals surface area contributed by atoms with Crippen molar-refractivity contribution in [1.29, 1.82) is 5.26 Å². The predicted octanol–water partition coefficient (Wildman–Crippen LogP) is 0.732. The highest BCUT2D eigenvalue weighted by molar-refractivity contribution is 7.92. The minimum absolute atomic E-state index is 0.0563. The molecule has 6 nitrogen and oxygen atoms in total. The van der Waals surface area contributed by atoms with E-state index in [1.807, 2.05) is 6.07 Å². The molecule has 0 bridgehead atoms. The van der Waals surface area contributed by atoms with Gasteiger partial charge in [0.05, 0.1) is 17.1 Å². The van der Waals surface area contributed by atoms with Crippen molar-refractivity contribution >= 4 is 15.7 Å². The Hall–Kier alpha value is -2.33. The molecular weight excluding hydrogens is 280 g/mol. The summed E-state index contributed by atoms with van der Waals surface area (Å²) in [4.78, 5) is 11.8. The summed E-state index contributed by atoms with van der Waals surface area (Å²) in [5, 5.41) is 11.1. The Kier molecular flexibility index (Phi) is 4.05. The lowest BCUT2D eigenvalue weighted by Gasteiger charge is -2.07. The fourth-order valence-corrected chi connectivity index (χ4v) is 2.88. The first-order chi connectivity index (χ1) is 9.53. The number of amides is 1. The molecule has 0 aromatic heterocycles. The first kappa shape index (κ1) is 14.1. The average Bonchev–Trinajstić information content (AvgIpc) is 2.86. The molecule has 1 aliphatic heterocycles. The molecule has 0 spiro atoms. The van der Waals surface area contributed by atoms with Crippen molar-refractivity contribution in [2.75, 3.05) is 12.4 Å². The third-order valence-electron chi connectivity index (χ3n) is 2.68. The van der Waals surface area contributed by atoms with Gasteiger partial charge >= 0.3 is 0 Å². The number of ether oxygens (including phenoxy) is 1. The normalized spacial score (nSPS) is 14.6. The zero-order valence-corrected chi connectivity index (χ0v) is 11.3. The molecule has 1 amide bonds. The van der Waals surface area contributed by atoms with Gasteiger partial charge in [0, 0.05) is 6.42 Å². The summed E-state index contributed by atoms with van der Waals surface area (Å²) in [6, 6.07) is 9.61. The van der Waals surface area contributed by atoms with E-state index in [2.05, 4.69) is 5.32 Å². The van der Waals surface area contributed by atoms with Crippen LogP contribution in [0.4, 0.5) is 0 Å². The van der Waals surface area contributed by atoms with E-state index in [9.17, 15) is 13.2 Å². The Morgan fingerprint density at radius 2 is 2.05 bits per heavy atom. The molecule has 0 fully saturated rings. The van der Waals surface area contributed by atoms with Crippen molar-refractivity contribution < 1.29 is 17.9 Å². The van der Waals surface area contributed by atoms with Crippen LogP contribution in [0.2, 0.25) is 0 Å². The molecule has 0 radical (unpaired) electrons. The third-order valence-corrected chi connectivity index (χ3v) is 4.32. The molecule has 1 heterocycles. The zero-order valence-electron chi connectivity index (χ0n) is 10.5. The van der Waals surface area contributed by atoms with Crippen LogP contribution in [0, 0.1) is 11.3 Å². The molecule has 0 saturated heterocycles. The molecule has 0 unspecified atom stereocenters. The fourth-order valence-electron chi connectivity index (χ4n) is 1.72. The van der Waals surface area contributed by atoms with Crippen LogP contribution in [0.3, 0.4) is 0 Å². The minimum atomic E-state index is -3.70. The number of nitrogens with one attached hydrogen (secondary N) is 1. The summed E-state index contributed by atoms with van der Waals surface area (Å²) in [5.74, 6) is -1.36. The molecular formula is C13H12N2O4S. The second-order valence-corrected chi connectivity index (χ2v) is 6.13. The summed E-state index contributed by atoms with van der Waals surface area (Å²) in [5.41, 5.74) is 0.315. The largest absolute Gasteiger partial charge is 0.478 e. The molecule has 104 valence electrons. The summed E-state index contributed by atoms with van der Waals surface area (Å²) >= 11 is 0. The van der Waals surface area contributed by atoms with Gasteiger partial charge in [-0.05, 0) is 12.1 Å². The maximum Gasteiger partial charge on any atom is 0.242 e. The van der Waals surface area contributed by atoms with Gasteiger partial charge in [0.25, 0.3) is 0 Å². The summed E-state index contributed by atoms with van der Waals surface area (Å²) < 4.78 is 29.0. The van der Waals surface area contributed by atoms with Crippen molar-refractivity contribution in [3.63, 3.8) is 0 Å². The molecule has 0 atom stereocenters. The Labute approximate surface area is 116 Å².